The van der Waals surface area contributed by atoms with Crippen molar-refractivity contribution in [3.05, 3.63) is 52.8 Å². The second-order valence-corrected chi connectivity index (χ2v) is 3.47. The molecule has 1 N–H and O–H groups in total. The predicted octanol–water partition coefficient (Wildman–Crippen LogP) is 1.71. The first-order chi connectivity index (χ1) is 8.20. The molecule has 0 aromatic carbocycles. The molecule has 2 aromatic heterocycles. The Hall–Kier alpha value is -2.30. The number of hydrogen-bond acceptors (Lipinski definition) is 3. The van der Waals surface area contributed by atoms with Crippen molar-refractivity contribution >= 4 is 11.6 Å². The van der Waals surface area contributed by atoms with Gasteiger partial charge in [-0.1, -0.05) is 0 Å². The number of carbonyl (C=O) groups is 1. The molecule has 0 fully saturated rings. The Morgan fingerprint density at radius 1 is 1.41 bits per heavy atom. The molecule has 88 valence electrons. The third-order valence-corrected chi connectivity index (χ3v) is 2.33. The van der Waals surface area contributed by atoms with Crippen molar-refractivity contribution in [2.45, 2.75) is 13.5 Å². The molecule has 0 saturated carbocycles. The van der Waals surface area contributed by atoms with Crippen LogP contribution in [0.15, 0.2) is 45.9 Å². The summed E-state index contributed by atoms with van der Waals surface area (Å²) in [7, 11) is 0. The first kappa shape index (κ1) is 11.2. The number of aromatic nitrogens is 1. The molecule has 0 atom stereocenters. The van der Waals surface area contributed by atoms with Crippen molar-refractivity contribution in [1.29, 1.82) is 0 Å². The fourth-order valence-electron chi connectivity index (χ4n) is 1.45. The van der Waals surface area contributed by atoms with Crippen molar-refractivity contribution < 1.29 is 9.21 Å². The van der Waals surface area contributed by atoms with Crippen LogP contribution in [0.25, 0.3) is 0 Å². The second kappa shape index (κ2) is 4.69. The van der Waals surface area contributed by atoms with Crippen LogP contribution in [0.3, 0.4) is 0 Å². The number of furan rings is 1. The highest BCUT2D eigenvalue weighted by atomic mass is 16.3. The molecule has 1 amide bonds. The normalized spacial score (nSPS) is 10.2. The molecule has 0 bridgehead atoms. The van der Waals surface area contributed by atoms with Gasteiger partial charge in [-0.25, -0.2) is 0 Å². The van der Waals surface area contributed by atoms with Gasteiger partial charge in [0.1, 0.15) is 0 Å². The fraction of sp³-hybridized carbons (Fsp3) is 0.167. The van der Waals surface area contributed by atoms with Gasteiger partial charge in [0, 0.05) is 18.8 Å². The van der Waals surface area contributed by atoms with E-state index in [0.717, 1.165) is 0 Å². The molecule has 0 unspecified atom stereocenters. The Morgan fingerprint density at radius 2 is 2.24 bits per heavy atom. The number of hydrogen-bond donors (Lipinski definition) is 1. The van der Waals surface area contributed by atoms with Crippen LogP contribution >= 0.6 is 0 Å². The summed E-state index contributed by atoms with van der Waals surface area (Å²) in [6.07, 6.45) is 3.03. The summed E-state index contributed by atoms with van der Waals surface area (Å²) < 4.78 is 6.48. The number of aryl methyl sites for hydroxylation is 1. The molecule has 0 aliphatic rings. The Bertz CT molecular complexity index is 570. The van der Waals surface area contributed by atoms with E-state index in [9.17, 15) is 9.59 Å². The third-order valence-electron chi connectivity index (χ3n) is 2.33. The number of amides is 1. The minimum Gasteiger partial charge on any atom is -0.459 e. The van der Waals surface area contributed by atoms with Gasteiger partial charge in [0.15, 0.2) is 5.76 Å². The summed E-state index contributed by atoms with van der Waals surface area (Å²) in [6.45, 7) is 2.42. The molecule has 0 aliphatic heterocycles. The molecule has 0 aliphatic carbocycles. The van der Waals surface area contributed by atoms with Gasteiger partial charge in [-0.05, 0) is 25.1 Å². The van der Waals surface area contributed by atoms with E-state index in [2.05, 4.69) is 5.32 Å². The lowest BCUT2D eigenvalue weighted by atomic mass is 10.3. The van der Waals surface area contributed by atoms with Gasteiger partial charge in [0.2, 0.25) is 0 Å². The van der Waals surface area contributed by atoms with Gasteiger partial charge in [-0.2, -0.15) is 0 Å². The molecule has 0 spiro atoms. The van der Waals surface area contributed by atoms with E-state index in [1.165, 1.54) is 16.9 Å². The van der Waals surface area contributed by atoms with Gasteiger partial charge < -0.3 is 14.3 Å². The lowest BCUT2D eigenvalue weighted by Gasteiger charge is -2.06. The van der Waals surface area contributed by atoms with Crippen molar-refractivity contribution in [2.24, 2.45) is 0 Å². The van der Waals surface area contributed by atoms with E-state index in [1.54, 1.807) is 24.4 Å². The van der Waals surface area contributed by atoms with E-state index < -0.39 is 0 Å². The maximum absolute atomic E-state index is 11.7. The topological polar surface area (TPSA) is 64.2 Å². The Kier molecular flexibility index (Phi) is 3.09. The summed E-state index contributed by atoms with van der Waals surface area (Å²) in [4.78, 5) is 23.0. The molecular formula is C12H12N2O3. The molecule has 2 aromatic rings. The molecule has 2 heterocycles. The minimum atomic E-state index is -0.337. The van der Waals surface area contributed by atoms with E-state index in [0.29, 0.717) is 12.2 Å². The monoisotopic (exact) mass is 232 g/mol. The van der Waals surface area contributed by atoms with Crippen LogP contribution < -0.4 is 10.9 Å². The average Bonchev–Trinajstić information content (AvgIpc) is 2.85. The number of anilines is 1. The summed E-state index contributed by atoms with van der Waals surface area (Å²) in [6, 6.07) is 6.20. The summed E-state index contributed by atoms with van der Waals surface area (Å²) >= 11 is 0. The Balaban J connectivity index is 2.19. The zero-order valence-electron chi connectivity index (χ0n) is 9.34. The third kappa shape index (κ3) is 2.44. The van der Waals surface area contributed by atoms with Gasteiger partial charge >= 0.3 is 0 Å². The van der Waals surface area contributed by atoms with Crippen molar-refractivity contribution in [3.63, 3.8) is 0 Å². The number of carbonyl (C=O) groups excluding carboxylic acids is 1. The smallest absolute Gasteiger partial charge is 0.291 e. The molecule has 0 saturated heterocycles. The van der Waals surface area contributed by atoms with Crippen molar-refractivity contribution in [2.75, 3.05) is 5.32 Å². The average molecular weight is 232 g/mol. The largest absolute Gasteiger partial charge is 0.459 e. The van der Waals surface area contributed by atoms with Crippen LogP contribution in [0.1, 0.15) is 17.5 Å². The van der Waals surface area contributed by atoms with Crippen LogP contribution in [-0.4, -0.2) is 10.5 Å². The minimum absolute atomic E-state index is 0.0940. The standard InChI is InChI=1S/C12H12N2O3/c1-2-14-8-9(5-6-11(14)15)13-12(16)10-4-3-7-17-10/h3-8H,2H2,1H3,(H,13,16). The van der Waals surface area contributed by atoms with E-state index in [-0.39, 0.29) is 17.2 Å². The SMILES string of the molecule is CCn1cc(NC(=O)c2ccco2)ccc1=O. The van der Waals surface area contributed by atoms with E-state index >= 15 is 0 Å². The van der Waals surface area contributed by atoms with Gasteiger partial charge in [0.25, 0.3) is 11.5 Å². The van der Waals surface area contributed by atoms with Crippen LogP contribution in [0.2, 0.25) is 0 Å². The van der Waals surface area contributed by atoms with Gasteiger partial charge in [0.05, 0.1) is 12.0 Å². The van der Waals surface area contributed by atoms with E-state index in [4.69, 9.17) is 4.42 Å². The Morgan fingerprint density at radius 3 is 2.88 bits per heavy atom. The van der Waals surface area contributed by atoms with Crippen LogP contribution in [0, 0.1) is 0 Å². The first-order valence-electron chi connectivity index (χ1n) is 5.26. The summed E-state index contributed by atoms with van der Waals surface area (Å²) in [5.74, 6) is -0.101. The number of nitrogens with zero attached hydrogens (tertiary/aromatic N) is 1. The number of pyridine rings is 1. The molecule has 5 nitrogen and oxygen atoms in total. The highest BCUT2D eigenvalue weighted by Gasteiger charge is 2.08. The van der Waals surface area contributed by atoms with E-state index in [1.807, 2.05) is 6.92 Å². The Labute approximate surface area is 97.7 Å². The van der Waals surface area contributed by atoms with Crippen molar-refractivity contribution in [1.82, 2.24) is 4.57 Å². The highest BCUT2D eigenvalue weighted by molar-refractivity contribution is 6.02. The number of rotatable bonds is 3. The molecule has 17 heavy (non-hydrogen) atoms. The first-order valence-corrected chi connectivity index (χ1v) is 5.26. The second-order valence-electron chi connectivity index (χ2n) is 3.47. The predicted molar refractivity (Wildman–Crippen MR) is 63.0 cm³/mol. The van der Waals surface area contributed by atoms with Crippen molar-refractivity contribution in [3.8, 4) is 0 Å². The van der Waals surface area contributed by atoms with Crippen LogP contribution in [0.5, 0.6) is 0 Å². The maximum Gasteiger partial charge on any atom is 0.291 e. The number of nitrogens with one attached hydrogen (secondary N) is 1. The van der Waals surface area contributed by atoms with Crippen LogP contribution in [-0.2, 0) is 6.54 Å². The molecule has 5 heteroatoms. The van der Waals surface area contributed by atoms with Gasteiger partial charge in [-0.3, -0.25) is 9.59 Å². The summed E-state index contributed by atoms with van der Waals surface area (Å²) in [5.41, 5.74) is 0.469. The lowest BCUT2D eigenvalue weighted by molar-refractivity contribution is 0.0996. The highest BCUT2D eigenvalue weighted by Crippen LogP contribution is 2.07. The quantitative estimate of drug-likeness (QED) is 0.876. The van der Waals surface area contributed by atoms with Gasteiger partial charge in [-0.15, -0.1) is 0 Å². The molecular weight excluding hydrogens is 220 g/mol. The lowest BCUT2D eigenvalue weighted by Crippen LogP contribution is -2.19. The molecule has 2 rings (SSSR count). The van der Waals surface area contributed by atoms with Crippen LogP contribution in [0.4, 0.5) is 5.69 Å². The maximum atomic E-state index is 11.7. The summed E-state index contributed by atoms with van der Waals surface area (Å²) in [5, 5.41) is 2.65. The molecule has 0 radical (unpaired) electrons. The zero-order valence-corrected chi connectivity index (χ0v) is 9.34. The zero-order chi connectivity index (χ0) is 12.3. The fourth-order valence-corrected chi connectivity index (χ4v) is 1.45.